The molecule has 1 aromatic heterocycles. The Bertz CT molecular complexity index is 641. The summed E-state index contributed by atoms with van der Waals surface area (Å²) in [4.78, 5) is 12.5. The Hall–Kier alpha value is -0.970. The molecule has 0 radical (unpaired) electrons. The molecular weight excluding hydrogens is 312 g/mol. The smallest absolute Gasteiger partial charge is 0.185 e. The third-order valence-electron chi connectivity index (χ3n) is 2.75. The quantitative estimate of drug-likeness (QED) is 0.773. The Kier molecular flexibility index (Phi) is 5.13. The molecule has 106 valence electrons. The fourth-order valence-electron chi connectivity index (χ4n) is 2.07. The zero-order valence-electron chi connectivity index (χ0n) is 11.3. The van der Waals surface area contributed by atoms with Gasteiger partial charge in [0.2, 0.25) is 0 Å². The number of ketones is 1. The van der Waals surface area contributed by atoms with Crippen LogP contribution in [-0.2, 0) is 16.6 Å². The van der Waals surface area contributed by atoms with Crippen LogP contribution in [0.15, 0.2) is 30.3 Å². The third-order valence-corrected chi connectivity index (χ3v) is 5.26. The zero-order chi connectivity index (χ0) is 14.7. The lowest BCUT2D eigenvalue weighted by Crippen LogP contribution is -2.11. The minimum Gasteiger partial charge on any atom is -0.292 e. The van der Waals surface area contributed by atoms with Crippen LogP contribution < -0.4 is 0 Å². The number of carbonyl (C=O) groups is 1. The number of hydrogen-bond acceptors (Lipinski definition) is 3. The van der Waals surface area contributed by atoms with Gasteiger partial charge in [0.15, 0.2) is 5.78 Å². The fourth-order valence-corrected chi connectivity index (χ4v) is 4.23. The maximum absolute atomic E-state index is 12.1. The van der Waals surface area contributed by atoms with E-state index in [0.29, 0.717) is 15.0 Å². The molecule has 2 rings (SSSR count). The largest absolute Gasteiger partial charge is 0.292 e. The van der Waals surface area contributed by atoms with E-state index in [9.17, 15) is 9.00 Å². The van der Waals surface area contributed by atoms with Crippen molar-refractivity contribution in [1.82, 2.24) is 0 Å². The van der Waals surface area contributed by atoms with Crippen molar-refractivity contribution < 1.29 is 9.00 Å². The van der Waals surface area contributed by atoms with E-state index in [2.05, 4.69) is 6.07 Å². The Balaban J connectivity index is 2.00. The van der Waals surface area contributed by atoms with Gasteiger partial charge < -0.3 is 0 Å². The summed E-state index contributed by atoms with van der Waals surface area (Å²) in [5, 5.41) is 0. The van der Waals surface area contributed by atoms with Crippen molar-refractivity contribution >= 4 is 39.5 Å². The molecule has 20 heavy (non-hydrogen) atoms. The van der Waals surface area contributed by atoms with Gasteiger partial charge in [-0.25, -0.2) is 0 Å². The molecular formula is C15H15ClO2S2. The second-order valence-corrected chi connectivity index (χ2v) is 7.92. The first-order chi connectivity index (χ1) is 9.44. The lowest BCUT2D eigenvalue weighted by molar-refractivity contribution is 0.102. The van der Waals surface area contributed by atoms with Gasteiger partial charge in [-0.3, -0.25) is 9.00 Å². The van der Waals surface area contributed by atoms with Gasteiger partial charge in [0, 0.05) is 16.6 Å². The van der Waals surface area contributed by atoms with E-state index in [4.69, 9.17) is 11.6 Å². The average molecular weight is 327 g/mol. The first-order valence-electron chi connectivity index (χ1n) is 6.15. The van der Waals surface area contributed by atoms with E-state index in [0.717, 1.165) is 16.7 Å². The molecule has 0 amide bonds. The van der Waals surface area contributed by atoms with Crippen molar-refractivity contribution in [2.45, 2.75) is 19.6 Å². The summed E-state index contributed by atoms with van der Waals surface area (Å²) in [7, 11) is -1.19. The second kappa shape index (κ2) is 6.66. The van der Waals surface area contributed by atoms with Gasteiger partial charge in [0.1, 0.15) is 0 Å². The molecule has 2 nitrogen and oxygen atoms in total. The number of hydrogen-bond donors (Lipinski definition) is 0. The van der Waals surface area contributed by atoms with Crippen molar-refractivity contribution in [3.8, 4) is 0 Å². The minimum atomic E-state index is -1.19. The molecule has 0 N–H and O–H groups in total. The lowest BCUT2D eigenvalue weighted by atomic mass is 10.1. The predicted octanol–water partition coefficient (Wildman–Crippen LogP) is 4.15. The van der Waals surface area contributed by atoms with Crippen LogP contribution in [0.3, 0.4) is 0 Å². The molecule has 0 aliphatic rings. The summed E-state index contributed by atoms with van der Waals surface area (Å²) in [5.74, 6) is 0.349. The highest BCUT2D eigenvalue weighted by atomic mass is 35.5. The van der Waals surface area contributed by atoms with Crippen molar-refractivity contribution in [2.24, 2.45) is 0 Å². The number of halogens is 1. The topological polar surface area (TPSA) is 34.1 Å². The molecule has 0 aliphatic carbocycles. The van der Waals surface area contributed by atoms with E-state index in [1.807, 2.05) is 26.0 Å². The third kappa shape index (κ3) is 4.27. The Morgan fingerprint density at radius 1 is 1.20 bits per heavy atom. The van der Waals surface area contributed by atoms with Gasteiger partial charge in [-0.15, -0.1) is 11.3 Å². The zero-order valence-corrected chi connectivity index (χ0v) is 13.7. The molecule has 5 heteroatoms. The number of aryl methyl sites for hydroxylation is 2. The number of thiophene rings is 1. The van der Waals surface area contributed by atoms with Gasteiger partial charge in [-0.1, -0.05) is 40.9 Å². The monoisotopic (exact) mass is 326 g/mol. The summed E-state index contributed by atoms with van der Waals surface area (Å²) in [6, 6.07) is 9.47. The molecule has 0 fully saturated rings. The standard InChI is InChI=1S/C15H15ClO2S2/c1-10-5-11(2)7-12(6-10)8-20(18)9-13(17)14-3-4-15(16)19-14/h3-7H,8-9H2,1-2H3. The van der Waals surface area contributed by atoms with Crippen LogP contribution in [0.4, 0.5) is 0 Å². The highest BCUT2D eigenvalue weighted by Gasteiger charge is 2.13. The van der Waals surface area contributed by atoms with Gasteiger partial charge in [0.25, 0.3) is 0 Å². The summed E-state index contributed by atoms with van der Waals surface area (Å²) in [6.07, 6.45) is 0. The molecule has 1 atom stereocenters. The maximum atomic E-state index is 12.1. The first kappa shape index (κ1) is 15.4. The van der Waals surface area contributed by atoms with E-state index in [1.165, 1.54) is 11.3 Å². The highest BCUT2D eigenvalue weighted by Crippen LogP contribution is 2.22. The van der Waals surface area contributed by atoms with E-state index < -0.39 is 10.8 Å². The number of carbonyl (C=O) groups excluding carboxylic acids is 1. The highest BCUT2D eigenvalue weighted by molar-refractivity contribution is 7.85. The summed E-state index contributed by atoms with van der Waals surface area (Å²) in [6.45, 7) is 4.02. The van der Waals surface area contributed by atoms with Crippen LogP contribution in [0.5, 0.6) is 0 Å². The first-order valence-corrected chi connectivity index (χ1v) is 8.83. The number of Topliss-reactive ketones (excluding diaryl/α,β-unsaturated/α-hetero) is 1. The average Bonchev–Trinajstić information content (AvgIpc) is 2.74. The van der Waals surface area contributed by atoms with Crippen LogP contribution in [0.2, 0.25) is 4.34 Å². The van der Waals surface area contributed by atoms with Crippen LogP contribution in [-0.4, -0.2) is 15.7 Å². The SMILES string of the molecule is Cc1cc(C)cc(CS(=O)CC(=O)c2ccc(Cl)s2)c1. The number of rotatable bonds is 5. The van der Waals surface area contributed by atoms with Crippen molar-refractivity contribution in [1.29, 1.82) is 0 Å². The Morgan fingerprint density at radius 3 is 2.40 bits per heavy atom. The van der Waals surface area contributed by atoms with E-state index in [1.54, 1.807) is 12.1 Å². The second-order valence-electron chi connectivity index (χ2n) is 4.75. The lowest BCUT2D eigenvalue weighted by Gasteiger charge is -2.05. The normalized spacial score (nSPS) is 12.3. The van der Waals surface area contributed by atoms with Crippen molar-refractivity contribution in [3.05, 3.63) is 56.2 Å². The number of benzene rings is 1. The predicted molar refractivity (Wildman–Crippen MR) is 86.3 cm³/mol. The molecule has 1 aromatic carbocycles. The molecule has 1 heterocycles. The molecule has 2 aromatic rings. The Morgan fingerprint density at radius 2 is 1.85 bits per heavy atom. The summed E-state index contributed by atoms with van der Waals surface area (Å²) < 4.78 is 12.7. The van der Waals surface area contributed by atoms with Gasteiger partial charge in [-0.2, -0.15) is 0 Å². The van der Waals surface area contributed by atoms with Crippen LogP contribution in [0, 0.1) is 13.8 Å². The van der Waals surface area contributed by atoms with E-state index in [-0.39, 0.29) is 11.5 Å². The molecule has 0 saturated heterocycles. The van der Waals surface area contributed by atoms with Crippen molar-refractivity contribution in [2.75, 3.05) is 5.75 Å². The van der Waals surface area contributed by atoms with Gasteiger partial charge in [-0.05, 0) is 31.5 Å². The van der Waals surface area contributed by atoms with Crippen LogP contribution in [0.25, 0.3) is 0 Å². The van der Waals surface area contributed by atoms with E-state index >= 15 is 0 Å². The van der Waals surface area contributed by atoms with Gasteiger partial charge >= 0.3 is 0 Å². The fraction of sp³-hybridized carbons (Fsp3) is 0.267. The van der Waals surface area contributed by atoms with Crippen molar-refractivity contribution in [3.63, 3.8) is 0 Å². The summed E-state index contributed by atoms with van der Waals surface area (Å²) in [5.41, 5.74) is 3.31. The molecule has 0 aliphatic heterocycles. The summed E-state index contributed by atoms with van der Waals surface area (Å²) >= 11 is 7.03. The van der Waals surface area contributed by atoms with Gasteiger partial charge in [0.05, 0.1) is 15.0 Å². The Labute approximate surface area is 130 Å². The molecule has 0 saturated carbocycles. The minimum absolute atomic E-state index is 0.0455. The van der Waals surface area contributed by atoms with Crippen LogP contribution in [0.1, 0.15) is 26.4 Å². The molecule has 0 spiro atoms. The molecule has 0 bridgehead atoms. The molecule has 1 unspecified atom stereocenters. The van der Waals surface area contributed by atoms with Crippen LogP contribution >= 0.6 is 22.9 Å². The maximum Gasteiger partial charge on any atom is 0.185 e.